The van der Waals surface area contributed by atoms with Crippen LogP contribution in [0, 0.1) is 5.92 Å². The van der Waals surface area contributed by atoms with Gasteiger partial charge in [-0.15, -0.1) is 0 Å². The lowest BCUT2D eigenvalue weighted by Gasteiger charge is -2.31. The minimum Gasteiger partial charge on any atom is -0.409 e. The molecule has 2 rings (SSSR count). The summed E-state index contributed by atoms with van der Waals surface area (Å²) in [4.78, 5) is 25.5. The first-order valence-corrected chi connectivity index (χ1v) is 6.46. The molecule has 0 aliphatic carbocycles. The summed E-state index contributed by atoms with van der Waals surface area (Å²) in [5.74, 6) is 0.0685. The first-order chi connectivity index (χ1) is 9.52. The van der Waals surface area contributed by atoms with Crippen molar-refractivity contribution in [3.05, 3.63) is 34.2 Å². The first kappa shape index (κ1) is 14.1. The van der Waals surface area contributed by atoms with E-state index in [0.29, 0.717) is 31.5 Å². The van der Waals surface area contributed by atoms with Crippen LogP contribution in [0.25, 0.3) is 0 Å². The van der Waals surface area contributed by atoms with Crippen molar-refractivity contribution in [3.63, 3.8) is 0 Å². The number of nitrogens with two attached hydrogens (primary N) is 1. The molecule has 7 heteroatoms. The van der Waals surface area contributed by atoms with Gasteiger partial charge in [-0.3, -0.25) is 9.59 Å². The van der Waals surface area contributed by atoms with E-state index < -0.39 is 0 Å². The molecule has 3 N–H and O–H groups in total. The third-order valence-corrected chi connectivity index (χ3v) is 3.67. The topological polar surface area (TPSA) is 101 Å². The van der Waals surface area contributed by atoms with Gasteiger partial charge in [-0.2, -0.15) is 0 Å². The van der Waals surface area contributed by atoms with E-state index in [4.69, 9.17) is 10.9 Å². The number of likely N-dealkylation sites (tertiary alicyclic amines) is 1. The Bertz CT molecular complexity index is 586. The van der Waals surface area contributed by atoms with Crippen LogP contribution in [0.5, 0.6) is 0 Å². The number of hydrogen-bond acceptors (Lipinski definition) is 4. The number of pyridine rings is 1. The van der Waals surface area contributed by atoms with Crippen molar-refractivity contribution in [2.24, 2.45) is 23.9 Å². The lowest BCUT2D eigenvalue weighted by molar-refractivity contribution is 0.0708. The van der Waals surface area contributed by atoms with Crippen molar-refractivity contribution in [3.8, 4) is 0 Å². The fourth-order valence-electron chi connectivity index (χ4n) is 2.32. The molecular weight excluding hydrogens is 260 g/mol. The summed E-state index contributed by atoms with van der Waals surface area (Å²) in [7, 11) is 1.64. The Balaban J connectivity index is 2.05. The van der Waals surface area contributed by atoms with Crippen LogP contribution in [0.1, 0.15) is 23.2 Å². The summed E-state index contributed by atoms with van der Waals surface area (Å²) >= 11 is 0. The number of oxime groups is 1. The molecule has 7 nitrogen and oxygen atoms in total. The number of amidine groups is 1. The summed E-state index contributed by atoms with van der Waals surface area (Å²) in [6.07, 6.45) is 2.90. The molecule has 0 aromatic carbocycles. The van der Waals surface area contributed by atoms with Crippen molar-refractivity contribution in [1.82, 2.24) is 9.47 Å². The number of nitrogens with zero attached hydrogens (tertiary/aromatic N) is 3. The Morgan fingerprint density at radius 2 is 2.10 bits per heavy atom. The van der Waals surface area contributed by atoms with Gasteiger partial charge in [0.25, 0.3) is 11.5 Å². The Labute approximate surface area is 116 Å². The van der Waals surface area contributed by atoms with Gasteiger partial charge in [0.15, 0.2) is 0 Å². The average molecular weight is 278 g/mol. The van der Waals surface area contributed by atoms with Gasteiger partial charge < -0.3 is 20.4 Å². The highest BCUT2D eigenvalue weighted by atomic mass is 16.4. The van der Waals surface area contributed by atoms with E-state index in [1.807, 2.05) is 0 Å². The van der Waals surface area contributed by atoms with E-state index in [9.17, 15) is 9.59 Å². The van der Waals surface area contributed by atoms with Crippen LogP contribution < -0.4 is 11.3 Å². The third kappa shape index (κ3) is 2.81. The Kier molecular flexibility index (Phi) is 4.07. The number of piperidine rings is 1. The smallest absolute Gasteiger partial charge is 0.254 e. The van der Waals surface area contributed by atoms with E-state index in [0.717, 1.165) is 0 Å². The molecule has 0 bridgehead atoms. The molecule has 1 fully saturated rings. The van der Waals surface area contributed by atoms with Gasteiger partial charge >= 0.3 is 0 Å². The van der Waals surface area contributed by atoms with E-state index in [-0.39, 0.29) is 23.2 Å². The highest BCUT2D eigenvalue weighted by Gasteiger charge is 2.26. The highest BCUT2D eigenvalue weighted by molar-refractivity contribution is 5.94. The second-order valence-electron chi connectivity index (χ2n) is 4.96. The number of rotatable bonds is 2. The predicted molar refractivity (Wildman–Crippen MR) is 73.7 cm³/mol. The molecule has 1 aromatic rings. The van der Waals surface area contributed by atoms with Crippen molar-refractivity contribution in [1.29, 1.82) is 0 Å². The third-order valence-electron chi connectivity index (χ3n) is 3.67. The maximum Gasteiger partial charge on any atom is 0.254 e. The predicted octanol–water partition coefficient (Wildman–Crippen LogP) is -0.0161. The second-order valence-corrected chi connectivity index (χ2v) is 4.96. The molecule has 0 spiro atoms. The van der Waals surface area contributed by atoms with Gasteiger partial charge in [0.05, 0.1) is 0 Å². The molecule has 1 amide bonds. The van der Waals surface area contributed by atoms with Gasteiger partial charge in [-0.25, -0.2) is 0 Å². The largest absolute Gasteiger partial charge is 0.409 e. The normalized spacial score (nSPS) is 17.2. The zero-order valence-electron chi connectivity index (χ0n) is 11.3. The van der Waals surface area contributed by atoms with Gasteiger partial charge in [0.1, 0.15) is 5.84 Å². The lowest BCUT2D eigenvalue weighted by atomic mass is 9.95. The summed E-state index contributed by atoms with van der Waals surface area (Å²) in [6, 6.07) is 2.98. The van der Waals surface area contributed by atoms with Crippen molar-refractivity contribution in [2.75, 3.05) is 13.1 Å². The fraction of sp³-hybridized carbons (Fsp3) is 0.462. The van der Waals surface area contributed by atoms with Crippen LogP contribution in [-0.2, 0) is 7.05 Å². The molecule has 0 unspecified atom stereocenters. The van der Waals surface area contributed by atoms with Crippen LogP contribution >= 0.6 is 0 Å². The standard InChI is InChI=1S/C13H18N4O3/c1-16-5-2-10(8-11(16)18)13(19)17-6-3-9(4-7-17)12(14)15-20/h2,5,8-9,20H,3-4,6-7H2,1H3,(H2,14,15). The molecule has 0 atom stereocenters. The van der Waals surface area contributed by atoms with E-state index in [2.05, 4.69) is 5.16 Å². The lowest BCUT2D eigenvalue weighted by Crippen LogP contribution is -2.42. The molecule has 1 aliphatic rings. The van der Waals surface area contributed by atoms with E-state index in [1.54, 1.807) is 24.2 Å². The maximum absolute atomic E-state index is 12.3. The molecule has 0 saturated carbocycles. The minimum atomic E-state index is -0.206. The quantitative estimate of drug-likeness (QED) is 0.344. The van der Waals surface area contributed by atoms with Crippen LogP contribution in [0.2, 0.25) is 0 Å². The Morgan fingerprint density at radius 3 is 2.65 bits per heavy atom. The van der Waals surface area contributed by atoms with Gasteiger partial charge in [-0.1, -0.05) is 5.16 Å². The number of carbonyl (C=O) groups excluding carboxylic acids is 1. The zero-order valence-corrected chi connectivity index (χ0v) is 11.3. The monoisotopic (exact) mass is 278 g/mol. The average Bonchev–Trinajstić information content (AvgIpc) is 2.48. The minimum absolute atomic E-state index is 0.00712. The molecule has 1 aliphatic heterocycles. The number of amides is 1. The second kappa shape index (κ2) is 5.77. The van der Waals surface area contributed by atoms with Crippen LogP contribution in [0.3, 0.4) is 0 Å². The number of carbonyl (C=O) groups is 1. The summed E-state index contributed by atoms with van der Waals surface area (Å²) in [5, 5.41) is 11.7. The van der Waals surface area contributed by atoms with Crippen LogP contribution in [0.15, 0.2) is 28.3 Å². The summed E-state index contributed by atoms with van der Waals surface area (Å²) in [5.41, 5.74) is 5.76. The molecule has 20 heavy (non-hydrogen) atoms. The first-order valence-electron chi connectivity index (χ1n) is 6.46. The van der Waals surface area contributed by atoms with Crippen molar-refractivity contribution >= 4 is 11.7 Å². The highest BCUT2D eigenvalue weighted by Crippen LogP contribution is 2.18. The summed E-state index contributed by atoms with van der Waals surface area (Å²) in [6.45, 7) is 1.07. The number of aryl methyl sites for hydroxylation is 1. The molecule has 1 aromatic heterocycles. The van der Waals surface area contributed by atoms with E-state index in [1.165, 1.54) is 10.6 Å². The SMILES string of the molecule is Cn1ccc(C(=O)N2CCC(/C(N)=N/O)CC2)cc1=O. The van der Waals surface area contributed by atoms with Crippen molar-refractivity contribution < 1.29 is 10.0 Å². The molecule has 0 radical (unpaired) electrons. The maximum atomic E-state index is 12.3. The van der Waals surface area contributed by atoms with Crippen LogP contribution in [-0.4, -0.2) is 39.5 Å². The fourth-order valence-corrected chi connectivity index (χ4v) is 2.32. The molecule has 2 heterocycles. The zero-order chi connectivity index (χ0) is 14.7. The molecular formula is C13H18N4O3. The van der Waals surface area contributed by atoms with Crippen molar-refractivity contribution in [2.45, 2.75) is 12.8 Å². The number of aromatic nitrogens is 1. The van der Waals surface area contributed by atoms with Gasteiger partial charge in [0, 0.05) is 43.9 Å². The van der Waals surface area contributed by atoms with Gasteiger partial charge in [0.2, 0.25) is 0 Å². The molecule has 108 valence electrons. The van der Waals surface area contributed by atoms with Gasteiger partial charge in [-0.05, 0) is 18.9 Å². The summed E-state index contributed by atoms with van der Waals surface area (Å²) < 4.78 is 1.42. The Morgan fingerprint density at radius 1 is 1.45 bits per heavy atom. The Hall–Kier alpha value is -2.31. The molecule has 1 saturated heterocycles. The van der Waals surface area contributed by atoms with E-state index >= 15 is 0 Å². The number of hydrogen-bond donors (Lipinski definition) is 2. The van der Waals surface area contributed by atoms with Crippen LogP contribution in [0.4, 0.5) is 0 Å².